The number of aliphatic hydroxyl groups is 1. The highest BCUT2D eigenvalue weighted by atomic mass is 16.3. The summed E-state index contributed by atoms with van der Waals surface area (Å²) in [6, 6.07) is 0.455. The first kappa shape index (κ1) is 13.9. The van der Waals surface area contributed by atoms with E-state index in [2.05, 4.69) is 31.0 Å². The lowest BCUT2D eigenvalue weighted by atomic mass is 10.2. The molecule has 0 amide bonds. The zero-order chi connectivity index (χ0) is 11.0. The van der Waals surface area contributed by atoms with E-state index in [0.29, 0.717) is 12.6 Å². The molecule has 2 unspecified atom stereocenters. The second-order valence-corrected chi connectivity index (χ2v) is 3.86. The third kappa shape index (κ3) is 6.35. The van der Waals surface area contributed by atoms with Gasteiger partial charge in [-0.25, -0.2) is 0 Å². The van der Waals surface area contributed by atoms with Gasteiger partial charge in [0.1, 0.15) is 0 Å². The van der Waals surface area contributed by atoms with Gasteiger partial charge in [-0.1, -0.05) is 20.8 Å². The van der Waals surface area contributed by atoms with Crippen molar-refractivity contribution in [3.05, 3.63) is 0 Å². The molecule has 2 N–H and O–H groups in total. The number of hydrogen-bond donors (Lipinski definition) is 2. The van der Waals surface area contributed by atoms with Gasteiger partial charge < -0.3 is 15.3 Å². The molecule has 0 bridgehead atoms. The van der Waals surface area contributed by atoms with E-state index in [1.54, 1.807) is 0 Å². The Morgan fingerprint density at radius 1 is 1.21 bits per heavy atom. The lowest BCUT2D eigenvalue weighted by molar-refractivity contribution is 0.158. The Kier molecular flexibility index (Phi) is 8.14. The fourth-order valence-electron chi connectivity index (χ4n) is 1.42. The number of nitrogens with one attached hydrogen (secondary N) is 1. The maximum Gasteiger partial charge on any atom is 0.0662 e. The zero-order valence-electron chi connectivity index (χ0n) is 10.1. The summed E-state index contributed by atoms with van der Waals surface area (Å²) in [7, 11) is 0. The van der Waals surface area contributed by atoms with Crippen LogP contribution in [0.15, 0.2) is 0 Å². The van der Waals surface area contributed by atoms with Crippen molar-refractivity contribution >= 4 is 0 Å². The number of hydrogen-bond acceptors (Lipinski definition) is 3. The quantitative estimate of drug-likeness (QED) is 0.618. The molecular formula is C11H26N2O. The van der Waals surface area contributed by atoms with Crippen molar-refractivity contribution in [1.29, 1.82) is 0 Å². The van der Waals surface area contributed by atoms with Crippen LogP contribution in [0.25, 0.3) is 0 Å². The van der Waals surface area contributed by atoms with Crippen molar-refractivity contribution in [2.45, 2.75) is 46.3 Å². The summed E-state index contributed by atoms with van der Waals surface area (Å²) < 4.78 is 0. The molecule has 2 atom stereocenters. The molecule has 0 aromatic heterocycles. The van der Waals surface area contributed by atoms with E-state index >= 15 is 0 Å². The van der Waals surface area contributed by atoms with Gasteiger partial charge in [0, 0.05) is 19.1 Å². The van der Waals surface area contributed by atoms with Gasteiger partial charge in [0.05, 0.1) is 6.10 Å². The average molecular weight is 202 g/mol. The Morgan fingerprint density at radius 3 is 2.21 bits per heavy atom. The van der Waals surface area contributed by atoms with Crippen LogP contribution in [-0.4, -0.2) is 48.3 Å². The lowest BCUT2D eigenvalue weighted by Gasteiger charge is -2.24. The maximum atomic E-state index is 9.38. The SMILES string of the molecule is CCC(O)CNC(C)CN(CC)CC. The Hall–Kier alpha value is -0.120. The van der Waals surface area contributed by atoms with E-state index in [9.17, 15) is 5.11 Å². The molecule has 0 aliphatic carbocycles. The Labute approximate surface area is 88.5 Å². The van der Waals surface area contributed by atoms with Gasteiger partial charge in [-0.05, 0) is 26.4 Å². The summed E-state index contributed by atoms with van der Waals surface area (Å²) in [5.41, 5.74) is 0. The second-order valence-electron chi connectivity index (χ2n) is 3.86. The standard InChI is InChI=1S/C11H26N2O/c1-5-11(14)8-12-10(4)9-13(6-2)7-3/h10-12,14H,5-9H2,1-4H3. The second kappa shape index (κ2) is 8.21. The molecule has 0 saturated carbocycles. The van der Waals surface area contributed by atoms with Gasteiger partial charge >= 0.3 is 0 Å². The summed E-state index contributed by atoms with van der Waals surface area (Å²) in [6.07, 6.45) is 0.625. The molecule has 0 rings (SSSR count). The Balaban J connectivity index is 3.58. The van der Waals surface area contributed by atoms with Crippen molar-refractivity contribution in [3.63, 3.8) is 0 Å². The Bertz CT molecular complexity index is 126. The van der Waals surface area contributed by atoms with Crippen LogP contribution in [0, 0.1) is 0 Å². The molecule has 0 aromatic carbocycles. The zero-order valence-corrected chi connectivity index (χ0v) is 10.1. The largest absolute Gasteiger partial charge is 0.392 e. The summed E-state index contributed by atoms with van der Waals surface area (Å²) in [6.45, 7) is 12.5. The molecule has 3 heteroatoms. The van der Waals surface area contributed by atoms with Crippen molar-refractivity contribution in [2.24, 2.45) is 0 Å². The normalized spacial score (nSPS) is 15.9. The highest BCUT2D eigenvalue weighted by Gasteiger charge is 2.08. The summed E-state index contributed by atoms with van der Waals surface area (Å²) in [5.74, 6) is 0. The van der Waals surface area contributed by atoms with E-state index in [1.165, 1.54) is 0 Å². The molecule has 0 saturated heterocycles. The fourth-order valence-corrected chi connectivity index (χ4v) is 1.42. The van der Waals surface area contributed by atoms with Crippen LogP contribution in [0.3, 0.4) is 0 Å². The van der Waals surface area contributed by atoms with Crippen LogP contribution < -0.4 is 5.32 Å². The van der Waals surface area contributed by atoms with Gasteiger partial charge in [0.2, 0.25) is 0 Å². The minimum atomic E-state index is -0.200. The van der Waals surface area contributed by atoms with Gasteiger partial charge in [0.15, 0.2) is 0 Å². The minimum absolute atomic E-state index is 0.200. The van der Waals surface area contributed by atoms with E-state index in [-0.39, 0.29) is 6.10 Å². The molecule has 0 spiro atoms. The molecule has 0 aromatic rings. The van der Waals surface area contributed by atoms with Gasteiger partial charge in [-0.2, -0.15) is 0 Å². The highest BCUT2D eigenvalue weighted by molar-refractivity contribution is 4.68. The molecule has 0 radical (unpaired) electrons. The predicted molar refractivity (Wildman–Crippen MR) is 61.6 cm³/mol. The van der Waals surface area contributed by atoms with Crippen molar-refractivity contribution in [1.82, 2.24) is 10.2 Å². The summed E-state index contributed by atoms with van der Waals surface area (Å²) >= 11 is 0. The Morgan fingerprint density at radius 2 is 1.79 bits per heavy atom. The molecule has 0 aliphatic rings. The van der Waals surface area contributed by atoms with Crippen LogP contribution >= 0.6 is 0 Å². The van der Waals surface area contributed by atoms with Crippen molar-refractivity contribution in [3.8, 4) is 0 Å². The predicted octanol–water partition coefficient (Wildman–Crippen LogP) is 1.08. The van der Waals surface area contributed by atoms with E-state index < -0.39 is 0 Å². The number of rotatable bonds is 8. The van der Waals surface area contributed by atoms with Crippen LogP contribution in [-0.2, 0) is 0 Å². The maximum absolute atomic E-state index is 9.38. The smallest absolute Gasteiger partial charge is 0.0662 e. The first-order valence-electron chi connectivity index (χ1n) is 5.77. The highest BCUT2D eigenvalue weighted by Crippen LogP contribution is 1.93. The topological polar surface area (TPSA) is 35.5 Å². The summed E-state index contributed by atoms with van der Waals surface area (Å²) in [4.78, 5) is 2.38. The molecule has 3 nitrogen and oxygen atoms in total. The van der Waals surface area contributed by atoms with E-state index in [0.717, 1.165) is 26.1 Å². The fraction of sp³-hybridized carbons (Fsp3) is 1.00. The molecule has 86 valence electrons. The average Bonchev–Trinajstić information content (AvgIpc) is 2.22. The van der Waals surface area contributed by atoms with Crippen LogP contribution in [0.4, 0.5) is 0 Å². The molecule has 14 heavy (non-hydrogen) atoms. The van der Waals surface area contributed by atoms with Crippen molar-refractivity contribution < 1.29 is 5.11 Å². The molecular weight excluding hydrogens is 176 g/mol. The monoisotopic (exact) mass is 202 g/mol. The van der Waals surface area contributed by atoms with Crippen LogP contribution in [0.2, 0.25) is 0 Å². The van der Waals surface area contributed by atoms with E-state index in [4.69, 9.17) is 0 Å². The van der Waals surface area contributed by atoms with Crippen LogP contribution in [0.5, 0.6) is 0 Å². The summed E-state index contributed by atoms with van der Waals surface area (Å²) in [5, 5.41) is 12.7. The van der Waals surface area contributed by atoms with Gasteiger partial charge in [-0.15, -0.1) is 0 Å². The third-order valence-electron chi connectivity index (χ3n) is 2.60. The van der Waals surface area contributed by atoms with E-state index in [1.807, 2.05) is 6.92 Å². The number of nitrogens with zero attached hydrogens (tertiary/aromatic N) is 1. The minimum Gasteiger partial charge on any atom is -0.392 e. The lowest BCUT2D eigenvalue weighted by Crippen LogP contribution is -2.41. The van der Waals surface area contributed by atoms with Crippen molar-refractivity contribution in [2.75, 3.05) is 26.2 Å². The number of likely N-dealkylation sites (N-methyl/N-ethyl adjacent to an activating group) is 1. The molecule has 0 heterocycles. The first-order chi connectivity index (χ1) is 6.63. The van der Waals surface area contributed by atoms with Gasteiger partial charge in [-0.3, -0.25) is 0 Å². The molecule has 0 aliphatic heterocycles. The molecule has 0 fully saturated rings. The number of aliphatic hydroxyl groups excluding tert-OH is 1. The van der Waals surface area contributed by atoms with Gasteiger partial charge in [0.25, 0.3) is 0 Å². The third-order valence-corrected chi connectivity index (χ3v) is 2.60. The van der Waals surface area contributed by atoms with Crippen LogP contribution in [0.1, 0.15) is 34.1 Å². The first-order valence-corrected chi connectivity index (χ1v) is 5.77.